The number of nitrogens with one attached hydrogen (secondary N) is 1. The minimum atomic E-state index is -4.24. The van der Waals surface area contributed by atoms with Gasteiger partial charge < -0.3 is 10.2 Å². The number of carbonyl (C=O) groups is 2. The van der Waals surface area contributed by atoms with Crippen molar-refractivity contribution < 1.29 is 18.0 Å². The standard InChI is InChI=1S/C35H36Cl3N3O4S/c1-4-25(3)39-35(43)33(21-26-8-6-5-7-9-26)40(22-27-12-19-31(37)32(38)20-27)34(42)23-41(29-15-10-24(2)11-16-29)46(44,45)30-17-13-28(36)14-18-30/h5-20,25,33H,4,21-23H2,1-3H3,(H,39,43)/t25-,33+/m0/s1. The van der Waals surface area contributed by atoms with Gasteiger partial charge in [0.1, 0.15) is 12.6 Å². The molecule has 11 heteroatoms. The largest absolute Gasteiger partial charge is 0.352 e. The lowest BCUT2D eigenvalue weighted by Gasteiger charge is -2.34. The maximum Gasteiger partial charge on any atom is 0.264 e. The van der Waals surface area contributed by atoms with E-state index in [-0.39, 0.29) is 29.8 Å². The predicted molar refractivity (Wildman–Crippen MR) is 186 cm³/mol. The number of amides is 2. The topological polar surface area (TPSA) is 86.8 Å². The zero-order valence-corrected chi connectivity index (χ0v) is 28.9. The lowest BCUT2D eigenvalue weighted by atomic mass is 10.0. The number of rotatable bonds is 13. The number of sulfonamides is 1. The zero-order valence-electron chi connectivity index (χ0n) is 25.8. The van der Waals surface area contributed by atoms with Gasteiger partial charge in [-0.2, -0.15) is 0 Å². The Morgan fingerprint density at radius 3 is 2.09 bits per heavy atom. The average Bonchev–Trinajstić information content (AvgIpc) is 3.04. The highest BCUT2D eigenvalue weighted by Crippen LogP contribution is 2.28. The first-order chi connectivity index (χ1) is 21.9. The summed E-state index contributed by atoms with van der Waals surface area (Å²) >= 11 is 18.6. The first kappa shape index (κ1) is 35.3. The molecule has 2 atom stereocenters. The number of aryl methyl sites for hydroxylation is 1. The second-order valence-corrected chi connectivity index (χ2v) is 14.2. The maximum atomic E-state index is 14.5. The third-order valence-corrected chi connectivity index (χ3v) is 10.4. The molecule has 0 heterocycles. The summed E-state index contributed by atoms with van der Waals surface area (Å²) in [5.74, 6) is -0.932. The molecule has 0 radical (unpaired) electrons. The summed E-state index contributed by atoms with van der Waals surface area (Å²) in [7, 11) is -4.24. The van der Waals surface area contributed by atoms with E-state index in [1.54, 1.807) is 42.5 Å². The molecule has 242 valence electrons. The second-order valence-electron chi connectivity index (χ2n) is 11.1. The highest BCUT2D eigenvalue weighted by atomic mass is 35.5. The first-order valence-electron chi connectivity index (χ1n) is 14.8. The minimum Gasteiger partial charge on any atom is -0.352 e. The van der Waals surface area contributed by atoms with Crippen molar-refractivity contribution in [2.75, 3.05) is 10.8 Å². The van der Waals surface area contributed by atoms with E-state index in [4.69, 9.17) is 34.8 Å². The van der Waals surface area contributed by atoms with Gasteiger partial charge >= 0.3 is 0 Å². The van der Waals surface area contributed by atoms with Crippen LogP contribution in [0.5, 0.6) is 0 Å². The van der Waals surface area contributed by atoms with Crippen molar-refractivity contribution in [1.82, 2.24) is 10.2 Å². The quantitative estimate of drug-likeness (QED) is 0.155. The van der Waals surface area contributed by atoms with Crippen LogP contribution in [0.2, 0.25) is 15.1 Å². The third-order valence-electron chi connectivity index (χ3n) is 7.61. The van der Waals surface area contributed by atoms with Gasteiger partial charge in [-0.3, -0.25) is 13.9 Å². The van der Waals surface area contributed by atoms with Crippen LogP contribution in [-0.4, -0.2) is 43.8 Å². The summed E-state index contributed by atoms with van der Waals surface area (Å²) in [6, 6.07) is 25.8. The Hall–Kier alpha value is -3.56. The number of halogens is 3. The molecule has 4 aromatic carbocycles. The normalized spacial score (nSPS) is 12.7. The van der Waals surface area contributed by atoms with E-state index in [1.807, 2.05) is 51.1 Å². The fourth-order valence-electron chi connectivity index (χ4n) is 4.80. The van der Waals surface area contributed by atoms with Crippen molar-refractivity contribution in [3.8, 4) is 0 Å². The SMILES string of the molecule is CC[C@H](C)NC(=O)[C@@H](Cc1ccccc1)N(Cc1ccc(Cl)c(Cl)c1)C(=O)CN(c1ccc(C)cc1)S(=O)(=O)c1ccc(Cl)cc1. The molecule has 2 amide bonds. The highest BCUT2D eigenvalue weighted by molar-refractivity contribution is 7.92. The molecule has 0 fully saturated rings. The molecule has 0 spiro atoms. The van der Waals surface area contributed by atoms with E-state index in [9.17, 15) is 18.0 Å². The molecule has 0 saturated carbocycles. The van der Waals surface area contributed by atoms with Gasteiger partial charge in [0.25, 0.3) is 10.0 Å². The van der Waals surface area contributed by atoms with Crippen LogP contribution in [-0.2, 0) is 32.6 Å². The van der Waals surface area contributed by atoms with Crippen LogP contribution in [0.25, 0.3) is 0 Å². The summed E-state index contributed by atoms with van der Waals surface area (Å²) < 4.78 is 29.3. The van der Waals surface area contributed by atoms with Crippen LogP contribution in [0.1, 0.15) is 37.0 Å². The van der Waals surface area contributed by atoms with Gasteiger partial charge in [-0.25, -0.2) is 8.42 Å². The second kappa shape index (κ2) is 15.8. The van der Waals surface area contributed by atoms with Gasteiger partial charge in [-0.05, 0) is 79.9 Å². The Balaban J connectivity index is 1.82. The van der Waals surface area contributed by atoms with Gasteiger partial charge in [0.05, 0.1) is 20.6 Å². The molecule has 0 aliphatic heterocycles. The molecule has 0 aliphatic carbocycles. The summed E-state index contributed by atoms with van der Waals surface area (Å²) in [4.78, 5) is 29.8. The molecule has 4 rings (SSSR count). The smallest absolute Gasteiger partial charge is 0.264 e. The monoisotopic (exact) mass is 699 g/mol. The maximum absolute atomic E-state index is 14.5. The number of hydrogen-bond acceptors (Lipinski definition) is 4. The average molecular weight is 701 g/mol. The van der Waals surface area contributed by atoms with Gasteiger partial charge in [0, 0.05) is 24.0 Å². The first-order valence-corrected chi connectivity index (χ1v) is 17.4. The van der Waals surface area contributed by atoms with Gasteiger partial charge in [-0.15, -0.1) is 0 Å². The van der Waals surface area contributed by atoms with E-state index < -0.39 is 28.5 Å². The highest BCUT2D eigenvalue weighted by Gasteiger charge is 2.35. The van der Waals surface area contributed by atoms with Crippen LogP contribution in [0.3, 0.4) is 0 Å². The molecule has 0 unspecified atom stereocenters. The van der Waals surface area contributed by atoms with Gasteiger partial charge in [0.2, 0.25) is 11.8 Å². The van der Waals surface area contributed by atoms with Crippen molar-refractivity contribution >= 4 is 62.3 Å². The molecule has 1 N–H and O–H groups in total. The van der Waals surface area contributed by atoms with Crippen LogP contribution >= 0.6 is 34.8 Å². The van der Waals surface area contributed by atoms with Crippen LogP contribution in [0, 0.1) is 6.92 Å². The summed E-state index contributed by atoms with van der Waals surface area (Å²) in [5.41, 5.74) is 2.68. The summed E-state index contributed by atoms with van der Waals surface area (Å²) in [5, 5.41) is 4.03. The van der Waals surface area contributed by atoms with E-state index in [2.05, 4.69) is 5.32 Å². The van der Waals surface area contributed by atoms with Crippen molar-refractivity contribution in [3.05, 3.63) is 129 Å². The molecule has 0 bridgehead atoms. The number of nitrogens with zero attached hydrogens (tertiary/aromatic N) is 2. The summed E-state index contributed by atoms with van der Waals surface area (Å²) in [6.07, 6.45) is 0.885. The lowest BCUT2D eigenvalue weighted by molar-refractivity contribution is -0.140. The molecule has 46 heavy (non-hydrogen) atoms. The Bertz CT molecular complexity index is 1750. The van der Waals surface area contributed by atoms with Crippen molar-refractivity contribution in [3.63, 3.8) is 0 Å². The molecule has 7 nitrogen and oxygen atoms in total. The van der Waals surface area contributed by atoms with Crippen molar-refractivity contribution in [2.24, 2.45) is 0 Å². The minimum absolute atomic E-state index is 0.0239. The number of carbonyl (C=O) groups excluding carboxylic acids is 2. The Labute approximate surface area is 286 Å². The molecule has 0 saturated heterocycles. The number of anilines is 1. The van der Waals surface area contributed by atoms with E-state index in [0.717, 1.165) is 15.4 Å². The van der Waals surface area contributed by atoms with E-state index in [0.29, 0.717) is 32.7 Å². The zero-order chi connectivity index (χ0) is 33.4. The summed E-state index contributed by atoms with van der Waals surface area (Å²) in [6.45, 7) is 5.13. The molecular formula is C35H36Cl3N3O4S. The Kier molecular flexibility index (Phi) is 12.1. The van der Waals surface area contributed by atoms with E-state index >= 15 is 0 Å². The fraction of sp³-hybridized carbons (Fsp3) is 0.257. The van der Waals surface area contributed by atoms with Crippen LogP contribution < -0.4 is 9.62 Å². The molecular weight excluding hydrogens is 665 g/mol. The van der Waals surface area contributed by atoms with Gasteiger partial charge in [0.15, 0.2) is 0 Å². The van der Waals surface area contributed by atoms with Crippen LogP contribution in [0.4, 0.5) is 5.69 Å². The van der Waals surface area contributed by atoms with E-state index in [1.165, 1.54) is 29.2 Å². The molecule has 4 aromatic rings. The van der Waals surface area contributed by atoms with Gasteiger partial charge in [-0.1, -0.05) is 95.8 Å². The number of benzene rings is 4. The van der Waals surface area contributed by atoms with Crippen molar-refractivity contribution in [1.29, 1.82) is 0 Å². The predicted octanol–water partition coefficient (Wildman–Crippen LogP) is 7.71. The Morgan fingerprint density at radius 1 is 0.826 bits per heavy atom. The number of hydrogen-bond donors (Lipinski definition) is 1. The fourth-order valence-corrected chi connectivity index (χ4v) is 6.66. The van der Waals surface area contributed by atoms with Crippen molar-refractivity contribution in [2.45, 2.75) is 57.1 Å². The lowest BCUT2D eigenvalue weighted by Crippen LogP contribution is -2.54. The van der Waals surface area contributed by atoms with Crippen LogP contribution in [0.15, 0.2) is 102 Å². The molecule has 0 aliphatic rings. The Morgan fingerprint density at radius 2 is 1.48 bits per heavy atom. The molecule has 0 aromatic heterocycles. The third kappa shape index (κ3) is 9.04.